The van der Waals surface area contributed by atoms with E-state index in [4.69, 9.17) is 27.9 Å². The number of hydrogen-bond donors (Lipinski definition) is 1. The van der Waals surface area contributed by atoms with Gasteiger partial charge in [-0.05, 0) is 42.8 Å². The van der Waals surface area contributed by atoms with Crippen LogP contribution in [-0.4, -0.2) is 24.3 Å². The largest absolute Gasteiger partial charge is 0.492 e. The summed E-state index contributed by atoms with van der Waals surface area (Å²) in [7, 11) is 0. The highest BCUT2D eigenvalue weighted by Crippen LogP contribution is 2.36. The van der Waals surface area contributed by atoms with Crippen LogP contribution < -0.4 is 10.1 Å². The first-order valence-electron chi connectivity index (χ1n) is 8.61. The Morgan fingerprint density at radius 2 is 1.81 bits per heavy atom. The number of hydrogen-bond acceptors (Lipinski definition) is 2. The van der Waals surface area contributed by atoms with Gasteiger partial charge in [0.2, 0.25) is 0 Å². The molecule has 0 radical (unpaired) electrons. The van der Waals surface area contributed by atoms with Crippen LogP contribution >= 0.6 is 35.6 Å². The Kier molecular flexibility index (Phi) is 6.36. The predicted octanol–water partition coefficient (Wildman–Crippen LogP) is 5.14. The number of nitrogens with one attached hydrogen (secondary N) is 1. The molecule has 0 saturated carbocycles. The lowest BCUT2D eigenvalue weighted by Gasteiger charge is -2.12. The second-order valence-electron chi connectivity index (χ2n) is 6.27. The van der Waals surface area contributed by atoms with Crippen molar-refractivity contribution >= 4 is 46.5 Å². The highest BCUT2D eigenvalue weighted by molar-refractivity contribution is 6.38. The van der Waals surface area contributed by atoms with Gasteiger partial charge in [0.05, 0.1) is 17.1 Å². The smallest absolute Gasteiger partial charge is 0.119 e. The molecule has 3 aromatic rings. The molecule has 0 unspecified atom stereocenters. The lowest BCUT2D eigenvalue weighted by molar-refractivity contribution is 0.299. The molecule has 138 valence electrons. The second-order valence-corrected chi connectivity index (χ2v) is 7.11. The minimum absolute atomic E-state index is 0. The zero-order valence-electron chi connectivity index (χ0n) is 14.3. The summed E-state index contributed by atoms with van der Waals surface area (Å²) in [4.78, 5) is 0. The zero-order valence-corrected chi connectivity index (χ0v) is 16.6. The van der Waals surface area contributed by atoms with Crippen LogP contribution in [-0.2, 0) is 19.4 Å². The van der Waals surface area contributed by atoms with Crippen molar-refractivity contribution in [3.8, 4) is 5.75 Å². The molecule has 0 spiro atoms. The lowest BCUT2D eigenvalue weighted by atomic mass is 10.1. The summed E-state index contributed by atoms with van der Waals surface area (Å²) < 4.78 is 8.24. The molecule has 1 N–H and O–H groups in total. The fraction of sp³-hybridized carbons (Fsp3) is 0.300. The van der Waals surface area contributed by atoms with Gasteiger partial charge < -0.3 is 14.6 Å². The summed E-state index contributed by atoms with van der Waals surface area (Å²) in [5, 5.41) is 6.03. The number of rotatable bonds is 4. The molecule has 1 aliphatic rings. The summed E-state index contributed by atoms with van der Waals surface area (Å²) in [6.45, 7) is 3.34. The van der Waals surface area contributed by atoms with Gasteiger partial charge in [-0.25, -0.2) is 0 Å². The van der Waals surface area contributed by atoms with Gasteiger partial charge in [-0.3, -0.25) is 0 Å². The summed E-state index contributed by atoms with van der Waals surface area (Å²) >= 11 is 12.8. The quantitative estimate of drug-likeness (QED) is 0.643. The molecule has 6 heteroatoms. The van der Waals surface area contributed by atoms with Gasteiger partial charge >= 0.3 is 0 Å². The molecule has 3 nitrogen and oxygen atoms in total. The number of aromatic nitrogens is 1. The number of benzene rings is 2. The maximum absolute atomic E-state index is 6.55. The average molecular weight is 412 g/mol. The summed E-state index contributed by atoms with van der Waals surface area (Å²) in [5.74, 6) is 0.891. The maximum Gasteiger partial charge on any atom is 0.119 e. The fourth-order valence-electron chi connectivity index (χ4n) is 3.65. The molecule has 0 saturated heterocycles. The average Bonchev–Trinajstić information content (AvgIpc) is 2.75. The van der Waals surface area contributed by atoms with E-state index in [2.05, 4.69) is 9.88 Å². The van der Waals surface area contributed by atoms with Crippen molar-refractivity contribution < 1.29 is 4.74 Å². The van der Waals surface area contributed by atoms with E-state index in [1.807, 2.05) is 42.5 Å². The van der Waals surface area contributed by atoms with Crippen molar-refractivity contribution in [2.75, 3.05) is 19.7 Å². The Labute approximate surface area is 169 Å². The van der Waals surface area contributed by atoms with Gasteiger partial charge in [0, 0.05) is 29.1 Å². The molecular formula is C20H21Cl3N2O. The highest BCUT2D eigenvalue weighted by atomic mass is 35.5. The highest BCUT2D eigenvalue weighted by Gasteiger charge is 2.21. The third kappa shape index (κ3) is 3.81. The Morgan fingerprint density at radius 1 is 1.04 bits per heavy atom. The van der Waals surface area contributed by atoms with E-state index in [1.54, 1.807) is 0 Å². The standard InChI is InChI=1S/C20H20Cl2N2O.ClH/c21-14-12-17(22)20-16-6-8-23-9-7-18(16)24(19(20)13-14)10-11-25-15-4-2-1-3-5-15;/h1-5,12-13,23H,6-11H2;1H. The summed E-state index contributed by atoms with van der Waals surface area (Å²) in [6.07, 6.45) is 1.98. The molecule has 0 fully saturated rings. The van der Waals surface area contributed by atoms with E-state index in [0.717, 1.165) is 54.2 Å². The van der Waals surface area contributed by atoms with Crippen LogP contribution in [0.4, 0.5) is 0 Å². The van der Waals surface area contributed by atoms with Gasteiger partial charge in [-0.15, -0.1) is 12.4 Å². The van der Waals surface area contributed by atoms with E-state index in [9.17, 15) is 0 Å². The molecule has 4 rings (SSSR count). The minimum Gasteiger partial charge on any atom is -0.492 e. The molecule has 2 heterocycles. The first kappa shape index (κ1) is 19.4. The monoisotopic (exact) mass is 410 g/mol. The van der Waals surface area contributed by atoms with Crippen molar-refractivity contribution in [3.63, 3.8) is 0 Å². The van der Waals surface area contributed by atoms with Crippen LogP contribution in [0.1, 0.15) is 11.3 Å². The van der Waals surface area contributed by atoms with E-state index in [-0.39, 0.29) is 12.4 Å². The predicted molar refractivity (Wildman–Crippen MR) is 111 cm³/mol. The first-order chi connectivity index (χ1) is 12.2. The van der Waals surface area contributed by atoms with E-state index in [1.165, 1.54) is 11.3 Å². The van der Waals surface area contributed by atoms with Crippen molar-refractivity contribution in [1.29, 1.82) is 0 Å². The number of fused-ring (bicyclic) bond motifs is 3. The summed E-state index contributed by atoms with van der Waals surface area (Å²) in [6, 6.07) is 13.8. The third-order valence-corrected chi connectivity index (χ3v) is 5.23. The molecular weight excluding hydrogens is 391 g/mol. The molecule has 0 bridgehead atoms. The van der Waals surface area contributed by atoms with Gasteiger partial charge in [-0.1, -0.05) is 41.4 Å². The van der Waals surface area contributed by atoms with Gasteiger partial charge in [0.1, 0.15) is 12.4 Å². The Morgan fingerprint density at radius 3 is 2.62 bits per heavy atom. The first-order valence-corrected chi connectivity index (χ1v) is 9.37. The molecule has 0 atom stereocenters. The Bertz CT molecular complexity index is 893. The Balaban J connectivity index is 0.00000196. The summed E-state index contributed by atoms with van der Waals surface area (Å²) in [5.41, 5.74) is 3.81. The van der Waals surface area contributed by atoms with Crippen LogP contribution in [0.25, 0.3) is 10.9 Å². The lowest BCUT2D eigenvalue weighted by Crippen LogP contribution is -2.18. The maximum atomic E-state index is 6.55. The fourth-order valence-corrected chi connectivity index (χ4v) is 4.25. The van der Waals surface area contributed by atoms with Gasteiger partial charge in [0.25, 0.3) is 0 Å². The molecule has 1 aliphatic heterocycles. The third-order valence-electron chi connectivity index (χ3n) is 4.72. The molecule has 0 amide bonds. The number of halogens is 3. The van der Waals surface area contributed by atoms with Crippen molar-refractivity contribution in [2.24, 2.45) is 0 Å². The Hall–Kier alpha value is -1.39. The van der Waals surface area contributed by atoms with Crippen molar-refractivity contribution in [1.82, 2.24) is 9.88 Å². The van der Waals surface area contributed by atoms with Crippen LogP contribution in [0, 0.1) is 0 Å². The molecule has 1 aromatic heterocycles. The van der Waals surface area contributed by atoms with Gasteiger partial charge in [-0.2, -0.15) is 0 Å². The van der Waals surface area contributed by atoms with Crippen molar-refractivity contribution in [3.05, 3.63) is 63.8 Å². The van der Waals surface area contributed by atoms with Crippen LogP contribution in [0.5, 0.6) is 5.75 Å². The van der Waals surface area contributed by atoms with Crippen LogP contribution in [0.3, 0.4) is 0 Å². The number of nitrogens with zero attached hydrogens (tertiary/aromatic N) is 1. The van der Waals surface area contributed by atoms with Crippen LogP contribution in [0.2, 0.25) is 10.0 Å². The van der Waals surface area contributed by atoms with E-state index < -0.39 is 0 Å². The number of ether oxygens (including phenoxy) is 1. The SMILES string of the molecule is Cl.Clc1cc(Cl)c2c3c(n(CCOc4ccccc4)c2c1)CCNCC3. The topological polar surface area (TPSA) is 26.2 Å². The zero-order chi connectivity index (χ0) is 17.2. The molecule has 26 heavy (non-hydrogen) atoms. The number of para-hydroxylation sites is 1. The van der Waals surface area contributed by atoms with E-state index in [0.29, 0.717) is 11.6 Å². The normalized spacial score (nSPS) is 13.8. The van der Waals surface area contributed by atoms with E-state index >= 15 is 0 Å². The minimum atomic E-state index is 0. The second kappa shape index (κ2) is 8.53. The van der Waals surface area contributed by atoms with Crippen LogP contribution in [0.15, 0.2) is 42.5 Å². The van der Waals surface area contributed by atoms with Crippen molar-refractivity contribution in [2.45, 2.75) is 19.4 Å². The molecule has 0 aliphatic carbocycles. The molecule has 2 aromatic carbocycles. The van der Waals surface area contributed by atoms with Gasteiger partial charge in [0.15, 0.2) is 0 Å².